The Balaban J connectivity index is 2.11. The van der Waals surface area contributed by atoms with Crippen molar-refractivity contribution in [2.45, 2.75) is 26.7 Å². The van der Waals surface area contributed by atoms with Crippen LogP contribution in [0.5, 0.6) is 0 Å². The Labute approximate surface area is 146 Å². The quantitative estimate of drug-likeness (QED) is 0.855. The zero-order valence-corrected chi connectivity index (χ0v) is 15.6. The average molecular weight is 329 g/mol. The van der Waals surface area contributed by atoms with Gasteiger partial charge in [0.2, 0.25) is 0 Å². The van der Waals surface area contributed by atoms with Crippen LogP contribution in [0.4, 0.5) is 0 Å². The highest BCUT2D eigenvalue weighted by Gasteiger charge is 2.08. The fourth-order valence-electron chi connectivity index (χ4n) is 2.76. The fourth-order valence-corrected chi connectivity index (χ4v) is 2.76. The van der Waals surface area contributed by atoms with E-state index in [0.717, 1.165) is 74.9 Å². The molecule has 1 aliphatic rings. The summed E-state index contributed by atoms with van der Waals surface area (Å²) < 4.78 is 0. The number of nitrogens with zero attached hydrogens (tertiary/aromatic N) is 5. The van der Waals surface area contributed by atoms with Crippen molar-refractivity contribution in [3.63, 3.8) is 0 Å². The summed E-state index contributed by atoms with van der Waals surface area (Å²) in [7, 11) is 4.26. The summed E-state index contributed by atoms with van der Waals surface area (Å²) in [6, 6.07) is 6.11. The largest absolute Gasteiger partial charge is 0.308 e. The number of hydrogen-bond donors (Lipinski definition) is 0. The zero-order chi connectivity index (χ0) is 17.4. The smallest absolute Gasteiger partial charge is 0.0845 e. The predicted octanol–water partition coefficient (Wildman–Crippen LogP) is 2.36. The van der Waals surface area contributed by atoms with Gasteiger partial charge in [0.1, 0.15) is 0 Å². The third kappa shape index (κ3) is 6.13. The summed E-state index contributed by atoms with van der Waals surface area (Å²) in [4.78, 5) is 18.9. The molecule has 0 N–H and O–H groups in total. The Morgan fingerprint density at radius 1 is 0.958 bits per heavy atom. The van der Waals surface area contributed by atoms with Crippen LogP contribution in [-0.4, -0.2) is 79.6 Å². The van der Waals surface area contributed by atoms with Crippen molar-refractivity contribution < 1.29 is 0 Å². The molecule has 24 heavy (non-hydrogen) atoms. The molecule has 0 fully saturated rings. The van der Waals surface area contributed by atoms with Gasteiger partial charge in [0.15, 0.2) is 0 Å². The van der Waals surface area contributed by atoms with Gasteiger partial charge in [0.05, 0.1) is 22.8 Å². The van der Waals surface area contributed by atoms with E-state index in [1.165, 1.54) is 0 Å². The van der Waals surface area contributed by atoms with Gasteiger partial charge in [0.25, 0.3) is 0 Å². The molecule has 0 radical (unpaired) electrons. The molecule has 0 atom stereocenters. The molecular weight excluding hydrogens is 298 g/mol. The van der Waals surface area contributed by atoms with Crippen LogP contribution in [0.3, 0.4) is 0 Å². The third-order valence-corrected chi connectivity index (χ3v) is 4.32. The SMILES string of the molecule is CC1=NCCCN(CCN(C)C)CCCN=C(C)c2cccc1n2. The molecule has 1 aliphatic heterocycles. The first-order valence-corrected chi connectivity index (χ1v) is 8.93. The molecule has 5 heteroatoms. The van der Waals surface area contributed by atoms with E-state index in [0.29, 0.717) is 0 Å². The highest BCUT2D eigenvalue weighted by atomic mass is 15.2. The van der Waals surface area contributed by atoms with Gasteiger partial charge in [-0.05, 0) is 66.0 Å². The number of likely N-dealkylation sites (N-methyl/N-ethyl adjacent to an activating group) is 1. The first-order valence-electron chi connectivity index (χ1n) is 8.93. The molecule has 0 saturated heterocycles. The normalized spacial score (nSPS) is 18.0. The van der Waals surface area contributed by atoms with Crippen molar-refractivity contribution in [2.75, 3.05) is 53.4 Å². The van der Waals surface area contributed by atoms with Gasteiger partial charge in [-0.2, -0.15) is 0 Å². The third-order valence-electron chi connectivity index (χ3n) is 4.32. The van der Waals surface area contributed by atoms with Crippen LogP contribution in [0.2, 0.25) is 0 Å². The van der Waals surface area contributed by atoms with Gasteiger partial charge in [-0.25, -0.2) is 4.98 Å². The van der Waals surface area contributed by atoms with E-state index in [1.807, 2.05) is 32.0 Å². The molecular formula is C19H31N5. The number of hydrogen-bond acceptors (Lipinski definition) is 5. The van der Waals surface area contributed by atoms with Crippen LogP contribution in [0.15, 0.2) is 28.2 Å². The number of aromatic nitrogens is 1. The van der Waals surface area contributed by atoms with Gasteiger partial charge in [0, 0.05) is 26.2 Å². The number of aliphatic imine (C=N–C) groups is 2. The lowest BCUT2D eigenvalue weighted by atomic mass is 10.2. The second-order valence-corrected chi connectivity index (χ2v) is 6.69. The Kier molecular flexibility index (Phi) is 7.53. The Morgan fingerprint density at radius 2 is 1.50 bits per heavy atom. The van der Waals surface area contributed by atoms with Crippen molar-refractivity contribution in [3.05, 3.63) is 29.6 Å². The van der Waals surface area contributed by atoms with Crippen LogP contribution >= 0.6 is 0 Å². The van der Waals surface area contributed by atoms with Crippen molar-refractivity contribution >= 4 is 11.4 Å². The van der Waals surface area contributed by atoms with E-state index in [1.54, 1.807) is 0 Å². The molecule has 1 aromatic heterocycles. The zero-order valence-electron chi connectivity index (χ0n) is 15.6. The summed E-state index contributed by atoms with van der Waals surface area (Å²) in [5.74, 6) is 0. The van der Waals surface area contributed by atoms with Gasteiger partial charge in [-0.3, -0.25) is 9.98 Å². The summed E-state index contributed by atoms with van der Waals surface area (Å²) in [5.41, 5.74) is 3.95. The lowest BCUT2D eigenvalue weighted by Crippen LogP contribution is -2.34. The number of fused-ring (bicyclic) bond motifs is 2. The lowest BCUT2D eigenvalue weighted by molar-refractivity contribution is 0.238. The first kappa shape index (κ1) is 18.7. The van der Waals surface area contributed by atoms with Crippen LogP contribution in [0.1, 0.15) is 38.1 Å². The van der Waals surface area contributed by atoms with E-state index in [4.69, 9.17) is 15.0 Å². The van der Waals surface area contributed by atoms with Crippen LogP contribution in [-0.2, 0) is 0 Å². The fraction of sp³-hybridized carbons (Fsp3) is 0.632. The van der Waals surface area contributed by atoms with E-state index >= 15 is 0 Å². The minimum absolute atomic E-state index is 0.864. The number of pyridine rings is 1. The first-order chi connectivity index (χ1) is 11.6. The molecule has 0 unspecified atom stereocenters. The van der Waals surface area contributed by atoms with Crippen molar-refractivity contribution in [1.29, 1.82) is 0 Å². The van der Waals surface area contributed by atoms with Crippen molar-refractivity contribution in [1.82, 2.24) is 14.8 Å². The molecule has 5 nitrogen and oxygen atoms in total. The van der Waals surface area contributed by atoms with Crippen LogP contribution in [0.25, 0.3) is 0 Å². The average Bonchev–Trinajstić information content (AvgIpc) is 2.58. The molecule has 2 bridgehead atoms. The van der Waals surface area contributed by atoms with Gasteiger partial charge in [-0.15, -0.1) is 0 Å². The minimum Gasteiger partial charge on any atom is -0.308 e. The summed E-state index contributed by atoms with van der Waals surface area (Å²) in [5, 5.41) is 0. The molecule has 132 valence electrons. The molecule has 0 amide bonds. The van der Waals surface area contributed by atoms with Crippen LogP contribution in [0, 0.1) is 0 Å². The monoisotopic (exact) mass is 329 g/mol. The molecule has 0 saturated carbocycles. The highest BCUT2D eigenvalue weighted by molar-refractivity contribution is 6.00. The molecule has 1 aromatic rings. The highest BCUT2D eigenvalue weighted by Crippen LogP contribution is 2.05. The second-order valence-electron chi connectivity index (χ2n) is 6.69. The van der Waals surface area contributed by atoms with Gasteiger partial charge >= 0.3 is 0 Å². The summed E-state index contributed by atoms with van der Waals surface area (Å²) in [6.45, 7) is 10.2. The van der Waals surface area contributed by atoms with E-state index in [9.17, 15) is 0 Å². The topological polar surface area (TPSA) is 44.1 Å². The van der Waals surface area contributed by atoms with E-state index in [2.05, 4.69) is 23.9 Å². The second kappa shape index (κ2) is 9.64. The van der Waals surface area contributed by atoms with E-state index in [-0.39, 0.29) is 0 Å². The summed E-state index contributed by atoms with van der Waals surface area (Å²) in [6.07, 6.45) is 2.18. The maximum Gasteiger partial charge on any atom is 0.0845 e. The molecule has 2 rings (SSSR count). The predicted molar refractivity (Wildman–Crippen MR) is 103 cm³/mol. The lowest BCUT2D eigenvalue weighted by Gasteiger charge is -2.23. The maximum absolute atomic E-state index is 4.72. The Bertz CT molecular complexity index is 536. The molecule has 0 spiro atoms. The van der Waals surface area contributed by atoms with Crippen molar-refractivity contribution in [2.24, 2.45) is 9.98 Å². The van der Waals surface area contributed by atoms with Gasteiger partial charge < -0.3 is 9.80 Å². The maximum atomic E-state index is 4.72. The van der Waals surface area contributed by atoms with Gasteiger partial charge in [-0.1, -0.05) is 6.07 Å². The van der Waals surface area contributed by atoms with E-state index < -0.39 is 0 Å². The molecule has 0 aromatic carbocycles. The summed E-state index contributed by atoms with van der Waals surface area (Å²) >= 11 is 0. The van der Waals surface area contributed by atoms with Crippen molar-refractivity contribution in [3.8, 4) is 0 Å². The van der Waals surface area contributed by atoms with Crippen LogP contribution < -0.4 is 0 Å². The molecule has 0 aliphatic carbocycles. The minimum atomic E-state index is 0.864. The molecule has 2 heterocycles. The standard InChI is InChI=1S/C19H31N5/c1-16-18-8-5-9-19(22-18)17(2)21-11-7-13-24(12-6-10-20-16)15-14-23(3)4/h5,8-9H,6-7,10-15H2,1-4H3. The Morgan fingerprint density at radius 3 is 2.00 bits per heavy atom. The Hall–Kier alpha value is -1.59. The number of rotatable bonds is 3.